The topological polar surface area (TPSA) is 83.5 Å². The van der Waals surface area contributed by atoms with Gasteiger partial charge in [-0.25, -0.2) is 0 Å². The number of carbonyl (C=O) groups is 2. The summed E-state index contributed by atoms with van der Waals surface area (Å²) >= 11 is 5.96. The van der Waals surface area contributed by atoms with Crippen molar-refractivity contribution in [2.45, 2.75) is 6.54 Å². The van der Waals surface area contributed by atoms with Crippen molar-refractivity contribution in [3.63, 3.8) is 0 Å². The van der Waals surface area contributed by atoms with E-state index in [4.69, 9.17) is 11.6 Å². The molecule has 1 aliphatic heterocycles. The number of benzene rings is 1. The molecule has 96 valence electrons. The Morgan fingerprint density at radius 1 is 1.15 bits per heavy atom. The fourth-order valence-corrected chi connectivity index (χ4v) is 2.23. The summed E-state index contributed by atoms with van der Waals surface area (Å²) in [6.45, 7) is 0.160. The van der Waals surface area contributed by atoms with Crippen LogP contribution in [0.1, 0.15) is 5.56 Å². The van der Waals surface area contributed by atoms with Gasteiger partial charge in [-0.2, -0.15) is 0 Å². The third-order valence-corrected chi connectivity index (χ3v) is 3.49. The smallest absolute Gasteiger partial charge is 0.549 e. The van der Waals surface area contributed by atoms with E-state index in [0.717, 1.165) is 5.56 Å². The van der Waals surface area contributed by atoms with Crippen LogP contribution in [0.5, 0.6) is 0 Å². The minimum atomic E-state index is -1.89. The molecular weight excluding hydrogens is 304 g/mol. The summed E-state index contributed by atoms with van der Waals surface area (Å²) in [5, 5.41) is 22.2. The number of hydrogen-bond acceptors (Lipinski definition) is 5. The van der Waals surface area contributed by atoms with E-state index in [9.17, 15) is 19.8 Å². The van der Waals surface area contributed by atoms with E-state index >= 15 is 0 Å². The average Bonchev–Trinajstić information content (AvgIpc) is 2.23. The summed E-state index contributed by atoms with van der Waals surface area (Å²) in [4.78, 5) is 23.3. The van der Waals surface area contributed by atoms with E-state index < -0.39 is 17.4 Å². The van der Waals surface area contributed by atoms with Crippen LogP contribution in [0, 0.1) is 5.41 Å². The molecule has 0 aromatic heterocycles. The van der Waals surface area contributed by atoms with Crippen LogP contribution in [-0.2, 0) is 16.1 Å². The fourth-order valence-electron chi connectivity index (χ4n) is 2.04. The molecule has 1 heterocycles. The van der Waals surface area contributed by atoms with Crippen LogP contribution in [0.4, 0.5) is 0 Å². The minimum absolute atomic E-state index is 0. The van der Waals surface area contributed by atoms with Crippen LogP contribution in [0.15, 0.2) is 24.3 Å². The van der Waals surface area contributed by atoms with Gasteiger partial charge in [0.25, 0.3) is 0 Å². The fraction of sp³-hybridized carbons (Fsp3) is 0.333. The van der Waals surface area contributed by atoms with E-state index in [1.165, 1.54) is 0 Å². The molecule has 20 heavy (non-hydrogen) atoms. The summed E-state index contributed by atoms with van der Waals surface area (Å²) in [5.74, 6) is -3.20. The van der Waals surface area contributed by atoms with E-state index in [0.29, 0.717) is 11.6 Å². The van der Waals surface area contributed by atoms with Gasteiger partial charge in [0.05, 0.1) is 17.4 Å². The van der Waals surface area contributed by atoms with Crippen LogP contribution in [-0.4, -0.2) is 29.9 Å². The minimum Gasteiger partial charge on any atom is -0.549 e. The van der Waals surface area contributed by atoms with E-state index in [1.807, 2.05) is 6.07 Å². The number of rotatable bonds is 4. The molecule has 1 aliphatic rings. The van der Waals surface area contributed by atoms with Crippen molar-refractivity contribution < 1.29 is 78.9 Å². The molecule has 8 heteroatoms. The maximum absolute atomic E-state index is 10.8. The van der Waals surface area contributed by atoms with Crippen LogP contribution in [0.3, 0.4) is 0 Å². The molecule has 0 unspecified atom stereocenters. The molecule has 5 nitrogen and oxygen atoms in total. The van der Waals surface area contributed by atoms with Gasteiger partial charge in [0.2, 0.25) is 0 Å². The molecule has 0 saturated carbocycles. The quantitative estimate of drug-likeness (QED) is 0.407. The van der Waals surface area contributed by atoms with Gasteiger partial charge >= 0.3 is 59.1 Å². The van der Waals surface area contributed by atoms with Gasteiger partial charge < -0.3 is 19.8 Å². The first-order chi connectivity index (χ1) is 8.45. The molecule has 0 N–H and O–H groups in total. The van der Waals surface area contributed by atoms with Crippen LogP contribution >= 0.6 is 11.6 Å². The number of carbonyl (C=O) groups excluding carboxylic acids is 2. The molecule has 1 aromatic rings. The Kier molecular flexibility index (Phi) is 8.32. The van der Waals surface area contributed by atoms with Crippen LogP contribution in [0.25, 0.3) is 0 Å². The molecule has 1 saturated heterocycles. The van der Waals surface area contributed by atoms with Gasteiger partial charge in [-0.3, -0.25) is 4.90 Å². The molecule has 0 spiro atoms. The van der Waals surface area contributed by atoms with Crippen molar-refractivity contribution in [3.05, 3.63) is 34.9 Å². The summed E-state index contributed by atoms with van der Waals surface area (Å²) in [6.07, 6.45) is 0. The van der Waals surface area contributed by atoms with Gasteiger partial charge in [0.1, 0.15) is 0 Å². The molecule has 0 radical (unpaired) electrons. The molecule has 0 amide bonds. The molecule has 0 aliphatic carbocycles. The van der Waals surface area contributed by atoms with Crippen molar-refractivity contribution in [2.24, 2.45) is 5.41 Å². The zero-order chi connectivity index (χ0) is 13.3. The van der Waals surface area contributed by atoms with Gasteiger partial charge in [0.15, 0.2) is 0 Å². The molecule has 1 fully saturated rings. The number of carboxylic acids is 2. The first kappa shape index (κ1) is 20.4. The van der Waals surface area contributed by atoms with Gasteiger partial charge in [-0.1, -0.05) is 29.8 Å². The monoisotopic (exact) mass is 313 g/mol. The van der Waals surface area contributed by atoms with Crippen molar-refractivity contribution in [1.82, 2.24) is 4.90 Å². The van der Waals surface area contributed by atoms with E-state index in [1.54, 1.807) is 23.1 Å². The second kappa shape index (κ2) is 8.15. The van der Waals surface area contributed by atoms with Crippen molar-refractivity contribution in [2.75, 3.05) is 13.1 Å². The van der Waals surface area contributed by atoms with E-state index in [-0.39, 0.29) is 72.2 Å². The predicted molar refractivity (Wildman–Crippen MR) is 59.2 cm³/mol. The summed E-state index contributed by atoms with van der Waals surface area (Å²) in [6, 6.07) is 7.13. The Labute approximate surface area is 165 Å². The van der Waals surface area contributed by atoms with Crippen LogP contribution < -0.4 is 69.3 Å². The normalized spacial score (nSPS) is 16.2. The summed E-state index contributed by atoms with van der Waals surface area (Å²) in [5.41, 5.74) is -1.06. The Bertz CT molecular complexity index is 490. The molecular formula is C12H10ClNNa2O4. The maximum atomic E-state index is 10.8. The zero-order valence-electron chi connectivity index (χ0n) is 11.4. The maximum Gasteiger partial charge on any atom is 1.00 e. The summed E-state index contributed by atoms with van der Waals surface area (Å²) < 4.78 is 0. The number of aliphatic carboxylic acids is 2. The second-order valence-electron chi connectivity index (χ2n) is 4.39. The average molecular weight is 314 g/mol. The number of nitrogens with zero attached hydrogens (tertiary/aromatic N) is 1. The van der Waals surface area contributed by atoms with E-state index in [2.05, 4.69) is 0 Å². The molecule has 1 aromatic carbocycles. The van der Waals surface area contributed by atoms with Crippen molar-refractivity contribution in [3.8, 4) is 0 Å². The predicted octanol–water partition coefficient (Wildman–Crippen LogP) is -7.35. The number of carboxylic acid groups (broad SMARTS) is 2. The molecule has 0 atom stereocenters. The Morgan fingerprint density at radius 3 is 2.10 bits per heavy atom. The Morgan fingerprint density at radius 2 is 1.65 bits per heavy atom. The SMILES string of the molecule is O=C([O-])C1(C(=O)[O-])CN(Cc2ccccc2Cl)C1.[Na+].[Na+]. The Balaban J connectivity index is 0.00000180. The number of likely N-dealkylation sites (tertiary alicyclic amines) is 1. The van der Waals surface area contributed by atoms with Crippen molar-refractivity contribution >= 4 is 23.5 Å². The zero-order valence-corrected chi connectivity index (χ0v) is 16.1. The second-order valence-corrected chi connectivity index (χ2v) is 4.80. The first-order valence-corrected chi connectivity index (χ1v) is 5.72. The van der Waals surface area contributed by atoms with Crippen LogP contribution in [0.2, 0.25) is 5.02 Å². The molecule has 0 bridgehead atoms. The third kappa shape index (κ3) is 3.99. The molecule has 2 rings (SSSR count). The summed E-state index contributed by atoms with van der Waals surface area (Å²) in [7, 11) is 0. The van der Waals surface area contributed by atoms with Crippen molar-refractivity contribution in [1.29, 1.82) is 0 Å². The standard InChI is InChI=1S/C12H12ClNO4.2Na/c13-9-4-2-1-3-8(9)5-14-6-12(7-14,10(15)16)11(17)18;;/h1-4H,5-7H2,(H,15,16)(H,17,18);;/q;2*+1/p-2. The van der Waals surface area contributed by atoms with Gasteiger partial charge in [-0.05, 0) is 11.6 Å². The Hall–Kier alpha value is 0.410. The number of hydrogen-bond donors (Lipinski definition) is 0. The van der Waals surface area contributed by atoms with Gasteiger partial charge in [0, 0.05) is 24.7 Å². The first-order valence-electron chi connectivity index (χ1n) is 5.34. The largest absolute Gasteiger partial charge is 1.00 e. The van der Waals surface area contributed by atoms with Gasteiger partial charge in [-0.15, -0.1) is 0 Å². The third-order valence-electron chi connectivity index (χ3n) is 3.12. The number of halogens is 1.